The average Bonchev–Trinajstić information content (AvgIpc) is 2.39. The molecule has 0 aromatic rings. The number of rotatable bonds is 7. The fourth-order valence-corrected chi connectivity index (χ4v) is 2.89. The van der Waals surface area contributed by atoms with E-state index in [0.29, 0.717) is 12.0 Å². The van der Waals surface area contributed by atoms with Crippen LogP contribution in [0.1, 0.15) is 47.0 Å². The zero-order valence-corrected chi connectivity index (χ0v) is 13.9. The van der Waals surface area contributed by atoms with Gasteiger partial charge in [-0.1, -0.05) is 20.3 Å². The molecule has 0 aromatic carbocycles. The van der Waals surface area contributed by atoms with Gasteiger partial charge in [0.2, 0.25) is 0 Å². The van der Waals surface area contributed by atoms with Gasteiger partial charge in [-0.15, -0.1) is 0 Å². The summed E-state index contributed by atoms with van der Waals surface area (Å²) in [6.07, 6.45) is 3.75. The molecule has 4 nitrogen and oxygen atoms in total. The topological polar surface area (TPSA) is 41.6 Å². The molecule has 0 spiro atoms. The van der Waals surface area contributed by atoms with E-state index in [2.05, 4.69) is 24.1 Å². The first kappa shape index (κ1) is 17.4. The Labute approximate surface area is 124 Å². The van der Waals surface area contributed by atoms with Gasteiger partial charge in [0.15, 0.2) is 0 Å². The molecule has 0 radical (unpaired) electrons. The Hall–Kier alpha value is -0.610. The molecule has 1 N–H and O–H groups in total. The van der Waals surface area contributed by atoms with E-state index < -0.39 is 5.41 Å². The molecule has 1 heterocycles. The fourth-order valence-electron chi connectivity index (χ4n) is 2.89. The molecule has 0 bridgehead atoms. The van der Waals surface area contributed by atoms with Gasteiger partial charge in [0.1, 0.15) is 0 Å². The van der Waals surface area contributed by atoms with Crippen molar-refractivity contribution in [3.8, 4) is 0 Å². The van der Waals surface area contributed by atoms with E-state index in [1.807, 2.05) is 13.8 Å². The molecule has 1 aliphatic heterocycles. The van der Waals surface area contributed by atoms with Crippen LogP contribution >= 0.6 is 0 Å². The van der Waals surface area contributed by atoms with Gasteiger partial charge in [0, 0.05) is 19.1 Å². The first-order valence-corrected chi connectivity index (χ1v) is 7.90. The Morgan fingerprint density at radius 3 is 2.70 bits per heavy atom. The minimum atomic E-state index is -0.428. The standard InChI is InChI=1S/C16H32N2O2/c1-13(2)10-17-11-14-8-6-7-9-18(14)12-16(3,4)15(19)20-5/h13-14,17H,6-12H2,1-5H3. The van der Waals surface area contributed by atoms with Crippen molar-refractivity contribution in [3.63, 3.8) is 0 Å². The fraction of sp³-hybridized carbons (Fsp3) is 0.938. The number of likely N-dealkylation sites (tertiary alicyclic amines) is 1. The van der Waals surface area contributed by atoms with Crippen molar-refractivity contribution in [2.45, 2.75) is 53.0 Å². The lowest BCUT2D eigenvalue weighted by atomic mass is 9.90. The lowest BCUT2D eigenvalue weighted by Crippen LogP contribution is -2.50. The summed E-state index contributed by atoms with van der Waals surface area (Å²) in [6.45, 7) is 12.4. The number of nitrogens with zero attached hydrogens (tertiary/aromatic N) is 1. The van der Waals surface area contributed by atoms with Crippen LogP contribution < -0.4 is 5.32 Å². The highest BCUT2D eigenvalue weighted by Gasteiger charge is 2.34. The summed E-state index contributed by atoms with van der Waals surface area (Å²) in [4.78, 5) is 14.3. The Morgan fingerprint density at radius 2 is 2.10 bits per heavy atom. The van der Waals surface area contributed by atoms with Crippen LogP contribution in [0.15, 0.2) is 0 Å². The number of nitrogens with one attached hydrogen (secondary N) is 1. The molecule has 1 atom stereocenters. The predicted molar refractivity (Wildman–Crippen MR) is 82.7 cm³/mol. The van der Waals surface area contributed by atoms with E-state index in [4.69, 9.17) is 4.74 Å². The summed E-state index contributed by atoms with van der Waals surface area (Å²) in [7, 11) is 1.47. The van der Waals surface area contributed by atoms with E-state index in [1.165, 1.54) is 26.4 Å². The summed E-state index contributed by atoms with van der Waals surface area (Å²) in [5.41, 5.74) is -0.428. The maximum atomic E-state index is 11.9. The normalized spacial score (nSPS) is 21.2. The highest BCUT2D eigenvalue weighted by molar-refractivity contribution is 5.76. The third-order valence-electron chi connectivity index (χ3n) is 4.02. The van der Waals surface area contributed by atoms with Crippen LogP contribution in [0.2, 0.25) is 0 Å². The summed E-state index contributed by atoms with van der Waals surface area (Å²) >= 11 is 0. The van der Waals surface area contributed by atoms with Crippen molar-refractivity contribution >= 4 is 5.97 Å². The highest BCUT2D eigenvalue weighted by atomic mass is 16.5. The maximum absolute atomic E-state index is 11.9. The number of ether oxygens (including phenoxy) is 1. The van der Waals surface area contributed by atoms with E-state index >= 15 is 0 Å². The molecule has 0 aromatic heterocycles. The smallest absolute Gasteiger partial charge is 0.312 e. The average molecular weight is 284 g/mol. The molecule has 0 saturated carbocycles. The van der Waals surface area contributed by atoms with E-state index in [0.717, 1.165) is 26.2 Å². The van der Waals surface area contributed by atoms with Crippen molar-refractivity contribution < 1.29 is 9.53 Å². The van der Waals surface area contributed by atoms with Crippen LogP contribution in [0, 0.1) is 11.3 Å². The molecule has 0 amide bonds. The number of carbonyl (C=O) groups is 1. The molecule has 1 rings (SSSR count). The zero-order chi connectivity index (χ0) is 15.2. The van der Waals surface area contributed by atoms with E-state index in [1.54, 1.807) is 0 Å². The minimum Gasteiger partial charge on any atom is -0.469 e. The van der Waals surface area contributed by atoms with Crippen LogP contribution in [0.4, 0.5) is 0 Å². The summed E-state index contributed by atoms with van der Waals surface area (Å²) in [5, 5.41) is 3.56. The molecule has 1 aliphatic rings. The molecule has 1 unspecified atom stereocenters. The Balaban J connectivity index is 2.53. The number of hydrogen-bond donors (Lipinski definition) is 1. The molecule has 4 heteroatoms. The number of esters is 1. The van der Waals surface area contributed by atoms with Gasteiger partial charge in [-0.3, -0.25) is 9.69 Å². The Kier molecular flexibility index (Phi) is 6.96. The minimum absolute atomic E-state index is 0.114. The van der Waals surface area contributed by atoms with Crippen LogP contribution in [-0.4, -0.2) is 50.2 Å². The number of piperidine rings is 1. The second kappa shape index (κ2) is 7.99. The molecule has 1 saturated heterocycles. The van der Waals surface area contributed by atoms with Crippen LogP contribution in [0.25, 0.3) is 0 Å². The van der Waals surface area contributed by atoms with Crippen molar-refractivity contribution in [1.29, 1.82) is 0 Å². The van der Waals surface area contributed by atoms with Crippen molar-refractivity contribution in [1.82, 2.24) is 10.2 Å². The predicted octanol–water partition coefficient (Wildman–Crippen LogP) is 2.29. The van der Waals surface area contributed by atoms with Crippen LogP contribution in [0.5, 0.6) is 0 Å². The van der Waals surface area contributed by atoms with Crippen molar-refractivity contribution in [2.24, 2.45) is 11.3 Å². The monoisotopic (exact) mass is 284 g/mol. The van der Waals surface area contributed by atoms with E-state index in [-0.39, 0.29) is 5.97 Å². The Bertz CT molecular complexity index is 303. The van der Waals surface area contributed by atoms with Crippen molar-refractivity contribution in [2.75, 3.05) is 33.3 Å². The molecular formula is C16H32N2O2. The number of hydrogen-bond acceptors (Lipinski definition) is 4. The molecule has 0 aliphatic carbocycles. The quantitative estimate of drug-likeness (QED) is 0.728. The number of methoxy groups -OCH3 is 1. The second-order valence-corrected chi connectivity index (χ2v) is 7.05. The Morgan fingerprint density at radius 1 is 1.40 bits per heavy atom. The largest absolute Gasteiger partial charge is 0.469 e. The molecule has 1 fully saturated rings. The van der Waals surface area contributed by atoms with Crippen LogP contribution in [0.3, 0.4) is 0 Å². The summed E-state index contributed by atoms with van der Waals surface area (Å²) in [5.74, 6) is 0.565. The lowest BCUT2D eigenvalue weighted by molar-refractivity contribution is -0.152. The van der Waals surface area contributed by atoms with Crippen LogP contribution in [-0.2, 0) is 9.53 Å². The first-order valence-electron chi connectivity index (χ1n) is 7.90. The van der Waals surface area contributed by atoms with Gasteiger partial charge < -0.3 is 10.1 Å². The van der Waals surface area contributed by atoms with Gasteiger partial charge in [0.05, 0.1) is 12.5 Å². The van der Waals surface area contributed by atoms with Crippen molar-refractivity contribution in [3.05, 3.63) is 0 Å². The SMILES string of the molecule is COC(=O)C(C)(C)CN1CCCCC1CNCC(C)C. The van der Waals surface area contributed by atoms with Gasteiger partial charge in [0.25, 0.3) is 0 Å². The van der Waals surface area contributed by atoms with Gasteiger partial charge >= 0.3 is 5.97 Å². The lowest BCUT2D eigenvalue weighted by Gasteiger charge is -2.39. The maximum Gasteiger partial charge on any atom is 0.312 e. The summed E-state index contributed by atoms with van der Waals surface area (Å²) in [6, 6.07) is 0.548. The zero-order valence-electron chi connectivity index (χ0n) is 13.9. The molecular weight excluding hydrogens is 252 g/mol. The van der Waals surface area contributed by atoms with Gasteiger partial charge in [-0.2, -0.15) is 0 Å². The molecule has 118 valence electrons. The number of carbonyl (C=O) groups excluding carboxylic acids is 1. The second-order valence-electron chi connectivity index (χ2n) is 7.05. The third kappa shape index (κ3) is 5.41. The first-order chi connectivity index (χ1) is 9.36. The molecule has 20 heavy (non-hydrogen) atoms. The van der Waals surface area contributed by atoms with Gasteiger partial charge in [-0.25, -0.2) is 0 Å². The van der Waals surface area contributed by atoms with Gasteiger partial charge in [-0.05, 0) is 45.7 Å². The third-order valence-corrected chi connectivity index (χ3v) is 4.02. The highest BCUT2D eigenvalue weighted by Crippen LogP contribution is 2.24. The summed E-state index contributed by atoms with van der Waals surface area (Å²) < 4.78 is 4.92. The van der Waals surface area contributed by atoms with E-state index in [9.17, 15) is 4.79 Å².